The van der Waals surface area contributed by atoms with E-state index < -0.39 is 58.7 Å². The van der Waals surface area contributed by atoms with Crippen LogP contribution >= 0.6 is 0 Å². The maximum Gasteiger partial charge on any atom is 0.326 e. The largest absolute Gasteiger partial charge is 0.494 e. The Hall–Kier alpha value is -4.15. The van der Waals surface area contributed by atoms with Crippen molar-refractivity contribution in [1.82, 2.24) is 4.90 Å². The zero-order valence-corrected chi connectivity index (χ0v) is 15.4. The average molecular weight is 416 g/mol. The van der Waals surface area contributed by atoms with E-state index in [1.54, 1.807) is 0 Å². The fourth-order valence-electron chi connectivity index (χ4n) is 2.86. The van der Waals surface area contributed by atoms with Gasteiger partial charge in [-0.2, -0.15) is 0 Å². The first-order valence-electron chi connectivity index (χ1n) is 8.40. The van der Waals surface area contributed by atoms with Crippen LogP contribution in [0.15, 0.2) is 36.4 Å². The molecule has 0 bridgehead atoms. The van der Waals surface area contributed by atoms with Crippen LogP contribution in [0.25, 0.3) is 0 Å². The van der Waals surface area contributed by atoms with Crippen molar-refractivity contribution < 1.29 is 38.0 Å². The fourth-order valence-corrected chi connectivity index (χ4v) is 2.86. The molecule has 11 heteroatoms. The number of nitro groups is 1. The zero-order chi connectivity index (χ0) is 22.0. The van der Waals surface area contributed by atoms with Crippen molar-refractivity contribution >= 4 is 29.3 Å². The molecule has 0 spiro atoms. The molecule has 1 heterocycles. The molecule has 10 nitrogen and oxygen atoms in total. The first-order valence-corrected chi connectivity index (χ1v) is 8.40. The van der Waals surface area contributed by atoms with Crippen LogP contribution in [0.2, 0.25) is 0 Å². The van der Waals surface area contributed by atoms with Gasteiger partial charge in [0.25, 0.3) is 17.5 Å². The minimum Gasteiger partial charge on any atom is -0.494 e. The smallest absolute Gasteiger partial charge is 0.326 e. The van der Waals surface area contributed by atoms with Crippen molar-refractivity contribution in [2.75, 3.05) is 20.3 Å². The molecule has 0 atom stereocenters. The number of ketones is 1. The van der Waals surface area contributed by atoms with Gasteiger partial charge >= 0.3 is 5.97 Å². The van der Waals surface area contributed by atoms with E-state index in [-0.39, 0.29) is 16.9 Å². The van der Waals surface area contributed by atoms with Gasteiger partial charge in [-0.3, -0.25) is 34.2 Å². The molecule has 0 fully saturated rings. The number of rotatable bonds is 7. The summed E-state index contributed by atoms with van der Waals surface area (Å²) in [4.78, 5) is 59.6. The summed E-state index contributed by atoms with van der Waals surface area (Å²) < 4.78 is 23.2. The van der Waals surface area contributed by atoms with Crippen molar-refractivity contribution in [1.29, 1.82) is 0 Å². The Balaban J connectivity index is 1.65. The Kier molecular flexibility index (Phi) is 5.54. The van der Waals surface area contributed by atoms with E-state index >= 15 is 0 Å². The highest BCUT2D eigenvalue weighted by Crippen LogP contribution is 2.30. The van der Waals surface area contributed by atoms with Gasteiger partial charge in [-0.15, -0.1) is 0 Å². The van der Waals surface area contributed by atoms with Gasteiger partial charge in [0.05, 0.1) is 17.6 Å². The van der Waals surface area contributed by atoms with E-state index in [2.05, 4.69) is 0 Å². The maximum atomic E-state index is 13.7. The van der Waals surface area contributed by atoms with E-state index in [4.69, 9.17) is 9.47 Å². The summed E-state index contributed by atoms with van der Waals surface area (Å²) in [5.74, 6) is -4.55. The van der Waals surface area contributed by atoms with Crippen LogP contribution in [-0.2, 0) is 9.53 Å². The standard InChI is InChI=1S/C19H13FN2O8/c1-29-15-6-5-10(7-12(15)20)14(23)9-30-16(24)8-21-18(25)11-3-2-4-13(22(27)28)17(11)19(21)26/h2-7H,8-9H2,1H3. The third kappa shape index (κ3) is 3.72. The molecule has 30 heavy (non-hydrogen) atoms. The number of ether oxygens (including phenoxy) is 2. The summed E-state index contributed by atoms with van der Waals surface area (Å²) in [5, 5.41) is 11.1. The van der Waals surface area contributed by atoms with Gasteiger partial charge in [0, 0.05) is 11.6 Å². The van der Waals surface area contributed by atoms with Crippen LogP contribution < -0.4 is 4.74 Å². The second-order valence-electron chi connectivity index (χ2n) is 6.09. The van der Waals surface area contributed by atoms with Gasteiger partial charge in [-0.05, 0) is 24.3 Å². The normalized spacial score (nSPS) is 12.5. The number of amides is 2. The van der Waals surface area contributed by atoms with Crippen LogP contribution in [0, 0.1) is 15.9 Å². The molecule has 3 rings (SSSR count). The third-order valence-corrected chi connectivity index (χ3v) is 4.30. The molecule has 0 unspecified atom stereocenters. The van der Waals surface area contributed by atoms with Crippen LogP contribution in [0.4, 0.5) is 10.1 Å². The summed E-state index contributed by atoms with van der Waals surface area (Å²) in [6.45, 7) is -1.60. The molecule has 0 saturated heterocycles. The Morgan fingerprint density at radius 2 is 1.90 bits per heavy atom. The predicted octanol–water partition coefficient (Wildman–Crippen LogP) is 1.76. The maximum absolute atomic E-state index is 13.7. The highest BCUT2D eigenvalue weighted by Gasteiger charge is 2.41. The molecule has 0 aliphatic carbocycles. The Bertz CT molecular complexity index is 1100. The second-order valence-corrected chi connectivity index (χ2v) is 6.09. The number of benzene rings is 2. The number of nitro benzene ring substituents is 1. The highest BCUT2D eigenvalue weighted by atomic mass is 19.1. The van der Waals surface area contributed by atoms with Crippen LogP contribution in [0.1, 0.15) is 31.1 Å². The van der Waals surface area contributed by atoms with E-state index in [1.165, 1.54) is 31.4 Å². The monoisotopic (exact) mass is 416 g/mol. The first-order chi connectivity index (χ1) is 14.2. The number of methoxy groups -OCH3 is 1. The zero-order valence-electron chi connectivity index (χ0n) is 15.4. The second kappa shape index (κ2) is 8.07. The van der Waals surface area contributed by atoms with E-state index in [9.17, 15) is 33.7 Å². The number of fused-ring (bicyclic) bond motifs is 1. The lowest BCUT2D eigenvalue weighted by Crippen LogP contribution is -2.36. The fraction of sp³-hybridized carbons (Fsp3) is 0.158. The van der Waals surface area contributed by atoms with E-state index in [0.717, 1.165) is 12.1 Å². The number of nitrogens with zero attached hydrogens (tertiary/aromatic N) is 2. The quantitative estimate of drug-likeness (QED) is 0.219. The SMILES string of the molecule is COc1ccc(C(=O)COC(=O)CN2C(=O)c3cccc([N+](=O)[O-])c3C2=O)cc1F. The van der Waals surface area contributed by atoms with Crippen molar-refractivity contribution in [2.24, 2.45) is 0 Å². The van der Waals surface area contributed by atoms with E-state index in [0.29, 0.717) is 4.90 Å². The molecular weight excluding hydrogens is 403 g/mol. The number of imide groups is 1. The molecule has 0 aromatic heterocycles. The number of carbonyl (C=O) groups excluding carboxylic acids is 4. The summed E-state index contributed by atoms with van der Waals surface area (Å²) in [5.41, 5.74) is -1.24. The lowest BCUT2D eigenvalue weighted by molar-refractivity contribution is -0.385. The number of Topliss-reactive ketones (excluding diaryl/α,β-unsaturated/α-hetero) is 1. The lowest BCUT2D eigenvalue weighted by Gasteiger charge is -2.12. The predicted molar refractivity (Wildman–Crippen MR) is 96.7 cm³/mol. The number of hydrogen-bond acceptors (Lipinski definition) is 8. The van der Waals surface area contributed by atoms with Gasteiger partial charge in [0.15, 0.2) is 24.0 Å². The molecule has 154 valence electrons. The molecule has 2 aromatic carbocycles. The Morgan fingerprint density at radius 3 is 2.53 bits per heavy atom. The molecule has 2 amide bonds. The molecule has 1 aliphatic heterocycles. The molecule has 0 radical (unpaired) electrons. The van der Waals surface area contributed by atoms with Crippen molar-refractivity contribution in [3.05, 3.63) is 69.0 Å². The summed E-state index contributed by atoms with van der Waals surface area (Å²) in [6, 6.07) is 6.97. The van der Waals surface area contributed by atoms with Crippen LogP contribution in [-0.4, -0.2) is 53.7 Å². The Morgan fingerprint density at radius 1 is 1.17 bits per heavy atom. The molecule has 2 aromatic rings. The highest BCUT2D eigenvalue weighted by molar-refractivity contribution is 6.24. The first kappa shape index (κ1) is 20.6. The van der Waals surface area contributed by atoms with E-state index in [1.807, 2.05) is 0 Å². The van der Waals surface area contributed by atoms with Gasteiger partial charge in [-0.1, -0.05) is 6.07 Å². The molecule has 1 aliphatic rings. The number of carbonyl (C=O) groups is 4. The van der Waals surface area contributed by atoms with Gasteiger partial charge in [0.2, 0.25) is 0 Å². The summed E-state index contributed by atoms with van der Waals surface area (Å²) in [7, 11) is 1.26. The van der Waals surface area contributed by atoms with Crippen molar-refractivity contribution in [3.8, 4) is 5.75 Å². The number of halogens is 1. The summed E-state index contributed by atoms with van der Waals surface area (Å²) in [6.07, 6.45) is 0. The number of esters is 1. The minimum atomic E-state index is -1.09. The van der Waals surface area contributed by atoms with Crippen LogP contribution in [0.3, 0.4) is 0 Å². The number of hydrogen-bond donors (Lipinski definition) is 0. The molecule has 0 N–H and O–H groups in total. The van der Waals surface area contributed by atoms with Crippen molar-refractivity contribution in [3.63, 3.8) is 0 Å². The lowest BCUT2D eigenvalue weighted by atomic mass is 10.1. The third-order valence-electron chi connectivity index (χ3n) is 4.30. The van der Waals surface area contributed by atoms with Crippen LogP contribution in [0.5, 0.6) is 5.75 Å². The van der Waals surface area contributed by atoms with Gasteiger partial charge in [-0.25, -0.2) is 4.39 Å². The molecule has 0 saturated carbocycles. The minimum absolute atomic E-state index is 0.0664. The Labute approximate surface area is 167 Å². The van der Waals surface area contributed by atoms with Gasteiger partial charge in [0.1, 0.15) is 12.1 Å². The van der Waals surface area contributed by atoms with Gasteiger partial charge < -0.3 is 9.47 Å². The topological polar surface area (TPSA) is 133 Å². The van der Waals surface area contributed by atoms with Crippen molar-refractivity contribution in [2.45, 2.75) is 0 Å². The average Bonchev–Trinajstić information content (AvgIpc) is 2.96. The summed E-state index contributed by atoms with van der Waals surface area (Å²) >= 11 is 0. The molecular formula is C19H13FN2O8.